The van der Waals surface area contributed by atoms with Gasteiger partial charge in [0.1, 0.15) is 12.2 Å². The fourth-order valence-corrected chi connectivity index (χ4v) is 3.63. The Balaban J connectivity index is 1.67. The summed E-state index contributed by atoms with van der Waals surface area (Å²) in [6.45, 7) is 0. The van der Waals surface area contributed by atoms with Crippen molar-refractivity contribution in [2.75, 3.05) is 0 Å². The monoisotopic (exact) mass is 268 g/mol. The molecule has 3 aliphatic rings. The van der Waals surface area contributed by atoms with Crippen LogP contribution in [0.4, 0.5) is 0 Å². The Morgan fingerprint density at radius 3 is 2.70 bits per heavy atom. The van der Waals surface area contributed by atoms with Crippen LogP contribution in [-0.2, 0) is 9.78 Å². The number of benzene rings is 1. The van der Waals surface area contributed by atoms with Gasteiger partial charge in [0, 0.05) is 0 Å². The third kappa shape index (κ3) is 2.13. The zero-order chi connectivity index (χ0) is 13.4. The van der Waals surface area contributed by atoms with Gasteiger partial charge in [-0.15, -0.1) is 0 Å². The Bertz CT molecular complexity index is 552. The van der Waals surface area contributed by atoms with Crippen LogP contribution in [0.1, 0.15) is 43.2 Å². The summed E-state index contributed by atoms with van der Waals surface area (Å²) >= 11 is 0. The quantitative estimate of drug-likeness (QED) is 0.704. The summed E-state index contributed by atoms with van der Waals surface area (Å²) in [6.07, 6.45) is 13.2. The maximum Gasteiger partial charge on any atom is 0.137 e. The Morgan fingerprint density at radius 2 is 1.80 bits per heavy atom. The zero-order valence-corrected chi connectivity index (χ0v) is 11.6. The molecule has 1 aromatic carbocycles. The van der Waals surface area contributed by atoms with Gasteiger partial charge in [-0.25, -0.2) is 9.78 Å². The van der Waals surface area contributed by atoms with Crippen molar-refractivity contribution in [2.45, 2.75) is 44.3 Å². The predicted octanol–water partition coefficient (Wildman–Crippen LogP) is 4.38. The Morgan fingerprint density at radius 1 is 0.950 bits per heavy atom. The van der Waals surface area contributed by atoms with E-state index >= 15 is 0 Å². The van der Waals surface area contributed by atoms with Crippen LogP contribution < -0.4 is 0 Å². The molecule has 0 amide bonds. The van der Waals surface area contributed by atoms with E-state index in [0.29, 0.717) is 5.92 Å². The maximum absolute atomic E-state index is 5.67. The Labute approximate surface area is 120 Å². The van der Waals surface area contributed by atoms with E-state index in [0.717, 1.165) is 0 Å². The first-order chi connectivity index (χ1) is 9.92. The molecule has 0 bridgehead atoms. The van der Waals surface area contributed by atoms with Gasteiger partial charge in [-0.05, 0) is 47.6 Å². The standard InChI is InChI=1S/C18H20O2/c1-2-7-14(8-3-1)18-12-16-15-9-5-4-6-13(15)10-11-17(16)19-20-18/h4-6,9-12,14,17-18H,1-3,7-8H2/t17-,18-/m0/s1. The van der Waals surface area contributed by atoms with Crippen LogP contribution in [0.15, 0.2) is 36.4 Å². The lowest BCUT2D eigenvalue weighted by Crippen LogP contribution is -2.32. The molecule has 1 heterocycles. The topological polar surface area (TPSA) is 18.5 Å². The molecule has 2 heteroatoms. The highest BCUT2D eigenvalue weighted by Crippen LogP contribution is 2.38. The molecule has 20 heavy (non-hydrogen) atoms. The molecular formula is C18H20O2. The molecule has 0 spiro atoms. The number of hydrogen-bond acceptors (Lipinski definition) is 2. The average Bonchev–Trinajstić information content (AvgIpc) is 2.55. The predicted molar refractivity (Wildman–Crippen MR) is 79.8 cm³/mol. The van der Waals surface area contributed by atoms with Gasteiger partial charge >= 0.3 is 0 Å². The fourth-order valence-electron chi connectivity index (χ4n) is 3.63. The van der Waals surface area contributed by atoms with Crippen LogP contribution >= 0.6 is 0 Å². The lowest BCUT2D eigenvalue weighted by Gasteiger charge is -2.34. The van der Waals surface area contributed by atoms with Gasteiger partial charge < -0.3 is 0 Å². The second kappa shape index (κ2) is 5.19. The highest BCUT2D eigenvalue weighted by Gasteiger charge is 2.32. The van der Waals surface area contributed by atoms with Crippen LogP contribution in [0, 0.1) is 5.92 Å². The molecule has 1 fully saturated rings. The van der Waals surface area contributed by atoms with Crippen LogP contribution in [0.2, 0.25) is 0 Å². The Kier molecular flexibility index (Phi) is 3.21. The summed E-state index contributed by atoms with van der Waals surface area (Å²) in [6, 6.07) is 8.53. The molecule has 104 valence electrons. The Hall–Kier alpha value is -1.38. The van der Waals surface area contributed by atoms with Crippen molar-refractivity contribution >= 4 is 11.6 Å². The van der Waals surface area contributed by atoms with E-state index in [2.05, 4.69) is 42.5 Å². The van der Waals surface area contributed by atoms with Crippen LogP contribution in [0.25, 0.3) is 11.6 Å². The normalized spacial score (nSPS) is 29.5. The van der Waals surface area contributed by atoms with Gasteiger partial charge in [0.05, 0.1) is 0 Å². The summed E-state index contributed by atoms with van der Waals surface area (Å²) in [5.41, 5.74) is 3.86. The summed E-state index contributed by atoms with van der Waals surface area (Å²) in [5.74, 6) is 0.621. The van der Waals surface area contributed by atoms with Crippen molar-refractivity contribution in [3.8, 4) is 0 Å². The van der Waals surface area contributed by atoms with Gasteiger partial charge in [-0.2, -0.15) is 0 Å². The lowest BCUT2D eigenvalue weighted by atomic mass is 9.82. The third-order valence-electron chi connectivity index (χ3n) is 4.76. The summed E-state index contributed by atoms with van der Waals surface area (Å²) in [7, 11) is 0. The van der Waals surface area contributed by atoms with Gasteiger partial charge in [-0.3, -0.25) is 0 Å². The second-order valence-corrected chi connectivity index (χ2v) is 6.04. The lowest BCUT2D eigenvalue weighted by molar-refractivity contribution is -0.336. The van der Waals surface area contributed by atoms with E-state index in [1.54, 1.807) is 0 Å². The third-order valence-corrected chi connectivity index (χ3v) is 4.76. The minimum atomic E-state index is -0.0373. The minimum absolute atomic E-state index is 0.0373. The van der Waals surface area contributed by atoms with Gasteiger partial charge in [0.15, 0.2) is 0 Å². The smallest absolute Gasteiger partial charge is 0.137 e. The van der Waals surface area contributed by atoms with Crippen molar-refractivity contribution in [1.82, 2.24) is 0 Å². The maximum atomic E-state index is 5.67. The van der Waals surface area contributed by atoms with E-state index in [-0.39, 0.29) is 12.2 Å². The van der Waals surface area contributed by atoms with E-state index in [9.17, 15) is 0 Å². The van der Waals surface area contributed by atoms with Crippen LogP contribution in [0.5, 0.6) is 0 Å². The van der Waals surface area contributed by atoms with Crippen LogP contribution in [0.3, 0.4) is 0 Å². The molecule has 2 aliphatic carbocycles. The molecule has 4 rings (SSSR count). The average molecular weight is 268 g/mol. The van der Waals surface area contributed by atoms with Crippen molar-refractivity contribution in [3.63, 3.8) is 0 Å². The summed E-state index contributed by atoms with van der Waals surface area (Å²) in [5, 5.41) is 0. The van der Waals surface area contributed by atoms with E-state index in [1.807, 2.05) is 0 Å². The number of hydrogen-bond donors (Lipinski definition) is 0. The highest BCUT2D eigenvalue weighted by molar-refractivity contribution is 5.82. The molecule has 0 aromatic heterocycles. The van der Waals surface area contributed by atoms with Crippen molar-refractivity contribution in [2.24, 2.45) is 5.92 Å². The number of fused-ring (bicyclic) bond motifs is 3. The highest BCUT2D eigenvalue weighted by atomic mass is 17.2. The van der Waals surface area contributed by atoms with Crippen molar-refractivity contribution < 1.29 is 9.78 Å². The van der Waals surface area contributed by atoms with E-state index in [1.165, 1.54) is 48.8 Å². The minimum Gasteiger partial charge on any atom is -0.228 e. The SMILES string of the molecule is C1=C[C@@H]2OO[C@H](C3CCCCC3)C=C2c2ccccc21. The van der Waals surface area contributed by atoms with Crippen LogP contribution in [-0.4, -0.2) is 12.2 Å². The first-order valence-corrected chi connectivity index (χ1v) is 7.73. The molecule has 0 unspecified atom stereocenters. The molecule has 0 saturated heterocycles. The largest absolute Gasteiger partial charge is 0.228 e. The molecule has 0 radical (unpaired) electrons. The fraction of sp³-hybridized carbons (Fsp3) is 0.444. The first kappa shape index (κ1) is 12.4. The first-order valence-electron chi connectivity index (χ1n) is 7.73. The van der Waals surface area contributed by atoms with Gasteiger partial charge in [0.2, 0.25) is 0 Å². The van der Waals surface area contributed by atoms with Gasteiger partial charge in [-0.1, -0.05) is 49.6 Å². The van der Waals surface area contributed by atoms with Crippen molar-refractivity contribution in [1.29, 1.82) is 0 Å². The summed E-state index contributed by atoms with van der Waals surface area (Å²) < 4.78 is 0. The molecule has 1 saturated carbocycles. The molecule has 2 nitrogen and oxygen atoms in total. The van der Waals surface area contributed by atoms with Crippen molar-refractivity contribution in [3.05, 3.63) is 47.5 Å². The molecular weight excluding hydrogens is 248 g/mol. The molecule has 1 aromatic rings. The number of rotatable bonds is 1. The van der Waals surface area contributed by atoms with Gasteiger partial charge in [0.25, 0.3) is 0 Å². The molecule has 0 N–H and O–H groups in total. The zero-order valence-electron chi connectivity index (χ0n) is 11.6. The summed E-state index contributed by atoms with van der Waals surface area (Å²) in [4.78, 5) is 11.3. The van der Waals surface area contributed by atoms with E-state index < -0.39 is 0 Å². The molecule has 2 atom stereocenters. The van der Waals surface area contributed by atoms with E-state index in [4.69, 9.17) is 9.78 Å². The molecule has 1 aliphatic heterocycles. The second-order valence-electron chi connectivity index (χ2n) is 6.04.